The molecule has 0 radical (unpaired) electrons. The molecule has 0 saturated carbocycles. The predicted molar refractivity (Wildman–Crippen MR) is 89.4 cm³/mol. The molecule has 1 aliphatic heterocycles. The fourth-order valence-electron chi connectivity index (χ4n) is 4.09. The highest BCUT2D eigenvalue weighted by atomic mass is 15.2. The number of hydrogen-bond donors (Lipinski definition) is 1. The van der Waals surface area contributed by atoms with Crippen molar-refractivity contribution < 1.29 is 0 Å². The van der Waals surface area contributed by atoms with Crippen molar-refractivity contribution in [1.82, 2.24) is 19.9 Å². The van der Waals surface area contributed by atoms with Gasteiger partial charge in [0.1, 0.15) is 5.82 Å². The first-order valence-corrected chi connectivity index (χ1v) is 8.24. The van der Waals surface area contributed by atoms with Crippen molar-refractivity contribution in [3.8, 4) is 0 Å². The zero-order valence-corrected chi connectivity index (χ0v) is 13.7. The molecular weight excluding hydrogens is 288 g/mol. The Morgan fingerprint density at radius 3 is 2.87 bits per heavy atom. The van der Waals surface area contributed by atoms with E-state index in [0.29, 0.717) is 5.95 Å². The second-order valence-electron chi connectivity index (χ2n) is 6.83. The molecule has 1 unspecified atom stereocenters. The smallest absolute Gasteiger partial charge is 0.220 e. The van der Waals surface area contributed by atoms with E-state index in [2.05, 4.69) is 19.9 Å². The van der Waals surface area contributed by atoms with E-state index in [9.17, 15) is 0 Å². The molecule has 6 heteroatoms. The van der Waals surface area contributed by atoms with E-state index >= 15 is 0 Å². The van der Waals surface area contributed by atoms with Crippen LogP contribution < -0.4 is 10.6 Å². The third-order valence-electron chi connectivity index (χ3n) is 5.19. The van der Waals surface area contributed by atoms with E-state index in [-0.39, 0.29) is 5.41 Å². The highest BCUT2D eigenvalue weighted by Gasteiger charge is 2.44. The Morgan fingerprint density at radius 2 is 2.00 bits per heavy atom. The molecule has 2 aromatic heterocycles. The van der Waals surface area contributed by atoms with Gasteiger partial charge < -0.3 is 10.6 Å². The quantitative estimate of drug-likeness (QED) is 0.867. The highest BCUT2D eigenvalue weighted by molar-refractivity contribution is 5.47. The molecule has 1 fully saturated rings. The van der Waals surface area contributed by atoms with Crippen molar-refractivity contribution in [2.45, 2.75) is 44.9 Å². The van der Waals surface area contributed by atoms with E-state index in [4.69, 9.17) is 10.7 Å². The second kappa shape index (κ2) is 5.15. The van der Waals surface area contributed by atoms with Gasteiger partial charge in [-0.15, -0.1) is 0 Å². The number of aromatic nitrogens is 4. The van der Waals surface area contributed by atoms with Crippen LogP contribution in [0.1, 0.15) is 41.9 Å². The van der Waals surface area contributed by atoms with Crippen molar-refractivity contribution in [3.05, 3.63) is 35.0 Å². The van der Waals surface area contributed by atoms with Crippen molar-refractivity contribution in [2.75, 3.05) is 23.7 Å². The molecule has 0 bridgehead atoms. The summed E-state index contributed by atoms with van der Waals surface area (Å²) >= 11 is 0. The van der Waals surface area contributed by atoms with E-state index in [1.807, 2.05) is 26.2 Å². The summed E-state index contributed by atoms with van der Waals surface area (Å²) in [6, 6.07) is 0. The molecule has 0 amide bonds. The Labute approximate surface area is 136 Å². The number of nitrogens with two attached hydrogens (primary N) is 1. The zero-order chi connectivity index (χ0) is 16.0. The molecule has 1 aliphatic carbocycles. The number of fused-ring (bicyclic) bond motifs is 2. The summed E-state index contributed by atoms with van der Waals surface area (Å²) in [5, 5.41) is 0. The molecule has 1 spiro atoms. The lowest BCUT2D eigenvalue weighted by Gasteiger charge is -2.41. The Kier molecular flexibility index (Phi) is 3.21. The minimum Gasteiger partial charge on any atom is -0.368 e. The maximum atomic E-state index is 5.85. The normalized spacial score (nSPS) is 23.3. The van der Waals surface area contributed by atoms with Gasteiger partial charge in [-0.25, -0.2) is 15.0 Å². The summed E-state index contributed by atoms with van der Waals surface area (Å²) in [5.74, 6) is 1.40. The maximum absolute atomic E-state index is 5.85. The molecule has 4 rings (SSSR count). The topological polar surface area (TPSA) is 80.8 Å². The molecule has 0 aromatic carbocycles. The van der Waals surface area contributed by atoms with Crippen molar-refractivity contribution in [3.63, 3.8) is 0 Å². The first-order chi connectivity index (χ1) is 11.1. The number of nitrogen functional groups attached to an aromatic ring is 1. The lowest BCUT2D eigenvalue weighted by Crippen LogP contribution is -2.46. The fourth-order valence-corrected chi connectivity index (χ4v) is 4.09. The Bertz CT molecular complexity index is 755. The molecule has 3 heterocycles. The first-order valence-electron chi connectivity index (χ1n) is 8.24. The van der Waals surface area contributed by atoms with Crippen LogP contribution in [-0.4, -0.2) is 33.0 Å². The lowest BCUT2D eigenvalue weighted by atomic mass is 9.77. The fraction of sp³-hybridized carbons (Fsp3) is 0.529. The van der Waals surface area contributed by atoms with Crippen molar-refractivity contribution in [2.24, 2.45) is 0 Å². The van der Waals surface area contributed by atoms with E-state index < -0.39 is 0 Å². The van der Waals surface area contributed by atoms with Gasteiger partial charge in [0.05, 0.1) is 17.1 Å². The van der Waals surface area contributed by atoms with Gasteiger partial charge in [-0.3, -0.25) is 4.98 Å². The third-order valence-corrected chi connectivity index (χ3v) is 5.19. The van der Waals surface area contributed by atoms with Crippen molar-refractivity contribution in [1.29, 1.82) is 0 Å². The monoisotopic (exact) mass is 310 g/mol. The minimum atomic E-state index is 0.0858. The van der Waals surface area contributed by atoms with Crippen LogP contribution in [0.15, 0.2) is 12.4 Å². The van der Waals surface area contributed by atoms with Crippen LogP contribution in [0.4, 0.5) is 11.8 Å². The summed E-state index contributed by atoms with van der Waals surface area (Å²) in [6.07, 6.45) is 8.20. The van der Waals surface area contributed by atoms with E-state index in [1.165, 1.54) is 5.56 Å². The molecule has 2 aromatic rings. The summed E-state index contributed by atoms with van der Waals surface area (Å²) in [5.41, 5.74) is 10.3. The maximum Gasteiger partial charge on any atom is 0.220 e. The Balaban J connectivity index is 1.71. The number of aryl methyl sites for hydroxylation is 3. The van der Waals surface area contributed by atoms with Crippen LogP contribution in [0.2, 0.25) is 0 Å². The standard InChI is InChI=1S/C17H22N6/c1-11-8-19-12(2)15(21-11)23-7-3-5-17(10-23)6-4-13-9-20-16(18)22-14(13)17/h8-9H,3-7,10H2,1-2H3,(H2,18,20,22). The van der Waals surface area contributed by atoms with E-state index in [0.717, 1.165) is 61.7 Å². The summed E-state index contributed by atoms with van der Waals surface area (Å²) in [6.45, 7) is 5.99. The van der Waals surface area contributed by atoms with Crippen molar-refractivity contribution >= 4 is 11.8 Å². The van der Waals surface area contributed by atoms with Crippen LogP contribution in [0.25, 0.3) is 0 Å². The van der Waals surface area contributed by atoms with Gasteiger partial charge >= 0.3 is 0 Å². The average molecular weight is 310 g/mol. The molecule has 23 heavy (non-hydrogen) atoms. The number of nitrogens with zero attached hydrogens (tertiary/aromatic N) is 5. The van der Waals surface area contributed by atoms with Crippen LogP contribution in [0.3, 0.4) is 0 Å². The largest absolute Gasteiger partial charge is 0.368 e. The zero-order valence-electron chi connectivity index (χ0n) is 13.7. The molecule has 6 nitrogen and oxygen atoms in total. The van der Waals surface area contributed by atoms with Crippen LogP contribution in [-0.2, 0) is 11.8 Å². The molecule has 1 atom stereocenters. The van der Waals surface area contributed by atoms with Gasteiger partial charge in [-0.2, -0.15) is 0 Å². The first kappa shape index (κ1) is 14.4. The van der Waals surface area contributed by atoms with Gasteiger partial charge in [-0.1, -0.05) is 0 Å². The van der Waals surface area contributed by atoms with Gasteiger partial charge in [0, 0.05) is 30.9 Å². The second-order valence-corrected chi connectivity index (χ2v) is 6.83. The number of anilines is 2. The lowest BCUT2D eigenvalue weighted by molar-refractivity contribution is 0.333. The van der Waals surface area contributed by atoms with Gasteiger partial charge in [0.15, 0.2) is 0 Å². The number of hydrogen-bond acceptors (Lipinski definition) is 6. The molecule has 1 saturated heterocycles. The van der Waals surface area contributed by atoms with Gasteiger partial charge in [0.25, 0.3) is 0 Å². The number of piperidine rings is 1. The Morgan fingerprint density at radius 1 is 1.13 bits per heavy atom. The molecular formula is C17H22N6. The van der Waals surface area contributed by atoms with Crippen LogP contribution in [0, 0.1) is 13.8 Å². The highest BCUT2D eigenvalue weighted by Crippen LogP contribution is 2.44. The average Bonchev–Trinajstić information content (AvgIpc) is 2.88. The SMILES string of the molecule is Cc1cnc(C)c(N2CCCC3(CCc4cnc(N)nc43)C2)n1. The summed E-state index contributed by atoms with van der Waals surface area (Å²) in [7, 11) is 0. The van der Waals surface area contributed by atoms with Crippen LogP contribution in [0.5, 0.6) is 0 Å². The summed E-state index contributed by atoms with van der Waals surface area (Å²) < 4.78 is 0. The molecule has 2 N–H and O–H groups in total. The van der Waals surface area contributed by atoms with E-state index in [1.54, 1.807) is 0 Å². The Hall–Kier alpha value is -2.24. The minimum absolute atomic E-state index is 0.0858. The summed E-state index contributed by atoms with van der Waals surface area (Å²) in [4.78, 5) is 20.4. The predicted octanol–water partition coefficient (Wildman–Crippen LogP) is 1.95. The van der Waals surface area contributed by atoms with Gasteiger partial charge in [0.2, 0.25) is 5.95 Å². The van der Waals surface area contributed by atoms with Gasteiger partial charge in [-0.05, 0) is 45.1 Å². The van der Waals surface area contributed by atoms with Crippen LogP contribution >= 0.6 is 0 Å². The molecule has 120 valence electrons. The number of rotatable bonds is 1. The molecule has 2 aliphatic rings. The third kappa shape index (κ3) is 2.33.